The minimum atomic E-state index is 0.0267. The van der Waals surface area contributed by atoms with Crippen LogP contribution in [0.5, 0.6) is 0 Å². The Labute approximate surface area is 233 Å². The Hall–Kier alpha value is -5.28. The largest absolute Gasteiger partial charge is 0.456 e. The Balaban J connectivity index is 1.41. The fourth-order valence-corrected chi connectivity index (χ4v) is 5.73. The summed E-state index contributed by atoms with van der Waals surface area (Å²) >= 11 is 0. The standard InChI is InChI=1S/C37H28N2O/c1-25-23-36-32(30-14-7-10-18-35(30)40-36)24-39(34-17-9-6-13-29(25)34)28-21-19-27(20-22-28)37(26-11-3-2-4-12-26)31-15-5-8-16-33(31)38/h2-24,37H,1,38H2/b32-24-,36-23+. The molecule has 1 unspecified atom stereocenters. The van der Waals surface area contributed by atoms with Crippen LogP contribution in [0.4, 0.5) is 17.1 Å². The van der Waals surface area contributed by atoms with Crippen LogP contribution in [0.25, 0.3) is 28.8 Å². The number of nitrogens with two attached hydrogens (primary N) is 1. The van der Waals surface area contributed by atoms with Gasteiger partial charge in [0.1, 0.15) is 11.0 Å². The molecule has 0 saturated carbocycles. The second-order valence-electron chi connectivity index (χ2n) is 10.1. The Morgan fingerprint density at radius 2 is 1.35 bits per heavy atom. The van der Waals surface area contributed by atoms with Gasteiger partial charge in [0.25, 0.3) is 0 Å². The molecule has 192 valence electrons. The van der Waals surface area contributed by atoms with Crippen LogP contribution < -0.4 is 21.3 Å². The van der Waals surface area contributed by atoms with Crippen LogP contribution in [-0.4, -0.2) is 0 Å². The molecule has 40 heavy (non-hydrogen) atoms. The molecular formula is C37H28N2O. The highest BCUT2D eigenvalue weighted by Gasteiger charge is 2.21. The third-order valence-corrected chi connectivity index (χ3v) is 7.68. The third-order valence-electron chi connectivity index (χ3n) is 7.68. The summed E-state index contributed by atoms with van der Waals surface area (Å²) in [6.07, 6.45) is 4.22. The molecule has 1 atom stereocenters. The summed E-state index contributed by atoms with van der Waals surface area (Å²) in [7, 11) is 0. The summed E-state index contributed by atoms with van der Waals surface area (Å²) in [5, 5.41) is 2.11. The summed E-state index contributed by atoms with van der Waals surface area (Å²) in [5.74, 6) is 0.0267. The Kier molecular flexibility index (Phi) is 5.83. The second-order valence-corrected chi connectivity index (χ2v) is 10.1. The molecule has 3 nitrogen and oxygen atoms in total. The van der Waals surface area contributed by atoms with Crippen molar-refractivity contribution in [2.75, 3.05) is 10.6 Å². The summed E-state index contributed by atoms with van der Waals surface area (Å²) in [6, 6.07) is 44.0. The number of para-hydroxylation sites is 3. The summed E-state index contributed by atoms with van der Waals surface area (Å²) < 4.78 is 6.27. The zero-order valence-electron chi connectivity index (χ0n) is 22.0. The fraction of sp³-hybridized carbons (Fsp3) is 0.0270. The van der Waals surface area contributed by atoms with Crippen LogP contribution >= 0.6 is 0 Å². The van der Waals surface area contributed by atoms with Crippen molar-refractivity contribution in [1.29, 1.82) is 0 Å². The number of nitrogen functional groups attached to an aromatic ring is 1. The van der Waals surface area contributed by atoms with Crippen LogP contribution in [-0.2, 0) is 0 Å². The number of anilines is 3. The molecule has 0 radical (unpaired) electrons. The summed E-state index contributed by atoms with van der Waals surface area (Å²) in [4.78, 5) is 2.24. The van der Waals surface area contributed by atoms with Gasteiger partial charge >= 0.3 is 0 Å². The first-order valence-corrected chi connectivity index (χ1v) is 13.5. The molecule has 1 aliphatic heterocycles. The van der Waals surface area contributed by atoms with Gasteiger partial charge in [-0.2, -0.15) is 0 Å². The quantitative estimate of drug-likeness (QED) is 0.194. The van der Waals surface area contributed by atoms with Gasteiger partial charge < -0.3 is 15.1 Å². The summed E-state index contributed by atoms with van der Waals surface area (Å²) in [5.41, 5.74) is 16.5. The second kappa shape index (κ2) is 9.79. The van der Waals surface area contributed by atoms with Gasteiger partial charge in [-0.05, 0) is 58.7 Å². The highest BCUT2D eigenvalue weighted by atomic mass is 16.3. The van der Waals surface area contributed by atoms with Crippen molar-refractivity contribution in [1.82, 2.24) is 0 Å². The first kappa shape index (κ1) is 23.8. The minimum absolute atomic E-state index is 0.0267. The van der Waals surface area contributed by atoms with Crippen molar-refractivity contribution in [3.8, 4) is 0 Å². The monoisotopic (exact) mass is 516 g/mol. The predicted molar refractivity (Wildman–Crippen MR) is 167 cm³/mol. The number of benzene rings is 5. The molecule has 7 rings (SSSR count). The first-order chi connectivity index (χ1) is 19.7. The van der Waals surface area contributed by atoms with Gasteiger partial charge in [-0.3, -0.25) is 0 Å². The van der Waals surface area contributed by atoms with Crippen molar-refractivity contribution in [3.63, 3.8) is 0 Å². The topological polar surface area (TPSA) is 42.4 Å². The number of fused-ring (bicyclic) bond motifs is 4. The van der Waals surface area contributed by atoms with Crippen LogP contribution in [0.3, 0.4) is 0 Å². The molecule has 5 aromatic carbocycles. The van der Waals surface area contributed by atoms with Gasteiger partial charge in [0.2, 0.25) is 0 Å². The van der Waals surface area contributed by atoms with Gasteiger partial charge in [0, 0.05) is 39.7 Å². The lowest BCUT2D eigenvalue weighted by Gasteiger charge is -2.26. The molecule has 0 spiro atoms. The third kappa shape index (κ3) is 4.09. The lowest BCUT2D eigenvalue weighted by Crippen LogP contribution is -2.27. The molecule has 0 saturated heterocycles. The number of hydrogen-bond acceptors (Lipinski definition) is 3. The molecule has 0 aliphatic carbocycles. The highest BCUT2D eigenvalue weighted by molar-refractivity contribution is 5.97. The van der Waals surface area contributed by atoms with Gasteiger partial charge in [0.15, 0.2) is 0 Å². The Morgan fingerprint density at radius 1 is 0.675 bits per heavy atom. The maximum atomic E-state index is 6.49. The predicted octanol–water partition coefficient (Wildman–Crippen LogP) is 7.58. The van der Waals surface area contributed by atoms with E-state index in [4.69, 9.17) is 10.2 Å². The van der Waals surface area contributed by atoms with Crippen molar-refractivity contribution < 1.29 is 4.42 Å². The number of rotatable bonds is 4. The average molecular weight is 517 g/mol. The van der Waals surface area contributed by atoms with Gasteiger partial charge in [-0.25, -0.2) is 0 Å². The fourth-order valence-electron chi connectivity index (χ4n) is 5.73. The zero-order valence-corrected chi connectivity index (χ0v) is 22.0. The number of hydrogen-bond donors (Lipinski definition) is 1. The van der Waals surface area contributed by atoms with E-state index in [9.17, 15) is 0 Å². The smallest absolute Gasteiger partial charge is 0.137 e. The minimum Gasteiger partial charge on any atom is -0.456 e. The highest BCUT2D eigenvalue weighted by Crippen LogP contribution is 2.38. The van der Waals surface area contributed by atoms with E-state index < -0.39 is 0 Å². The molecule has 2 N–H and O–H groups in total. The first-order valence-electron chi connectivity index (χ1n) is 13.5. The van der Waals surface area contributed by atoms with Gasteiger partial charge in [0.05, 0.1) is 5.69 Å². The molecule has 0 fully saturated rings. The molecular weight excluding hydrogens is 488 g/mol. The van der Waals surface area contributed by atoms with Crippen molar-refractivity contribution in [2.45, 2.75) is 5.92 Å². The van der Waals surface area contributed by atoms with Crippen molar-refractivity contribution in [2.24, 2.45) is 0 Å². The van der Waals surface area contributed by atoms with E-state index in [0.29, 0.717) is 0 Å². The van der Waals surface area contributed by atoms with Crippen LogP contribution in [0.2, 0.25) is 0 Å². The van der Waals surface area contributed by atoms with E-state index in [2.05, 4.69) is 109 Å². The van der Waals surface area contributed by atoms with E-state index in [1.165, 1.54) is 11.1 Å². The number of furan rings is 1. The van der Waals surface area contributed by atoms with Gasteiger partial charge in [-0.15, -0.1) is 0 Å². The van der Waals surface area contributed by atoms with E-state index in [1.807, 2.05) is 42.5 Å². The van der Waals surface area contributed by atoms with Crippen LogP contribution in [0.1, 0.15) is 28.2 Å². The van der Waals surface area contributed by atoms with Crippen LogP contribution in [0.15, 0.2) is 138 Å². The molecule has 3 heteroatoms. The molecule has 0 amide bonds. The van der Waals surface area contributed by atoms with E-state index >= 15 is 0 Å². The molecule has 2 heterocycles. The van der Waals surface area contributed by atoms with Crippen molar-refractivity contribution >= 4 is 45.9 Å². The normalized spacial score (nSPS) is 15.1. The van der Waals surface area contributed by atoms with Crippen molar-refractivity contribution in [3.05, 3.63) is 167 Å². The summed E-state index contributed by atoms with van der Waals surface area (Å²) in [6.45, 7) is 4.40. The zero-order chi connectivity index (χ0) is 27.1. The molecule has 1 aliphatic rings. The van der Waals surface area contributed by atoms with Crippen LogP contribution in [0, 0.1) is 0 Å². The number of allylic oxidation sites excluding steroid dienone is 1. The Morgan fingerprint density at radius 3 is 2.17 bits per heavy atom. The van der Waals surface area contributed by atoms with E-state index in [-0.39, 0.29) is 5.92 Å². The van der Waals surface area contributed by atoms with E-state index in [1.54, 1.807) is 0 Å². The van der Waals surface area contributed by atoms with Gasteiger partial charge in [-0.1, -0.05) is 104 Å². The molecule has 6 aromatic rings. The van der Waals surface area contributed by atoms with E-state index in [0.717, 1.165) is 55.4 Å². The molecule has 0 bridgehead atoms. The number of nitrogens with zero attached hydrogens (tertiary/aromatic N) is 1. The Bertz CT molecular complexity index is 1980. The lowest BCUT2D eigenvalue weighted by atomic mass is 9.84. The lowest BCUT2D eigenvalue weighted by molar-refractivity contribution is 0.576. The maximum absolute atomic E-state index is 6.49. The average Bonchev–Trinajstić information content (AvgIpc) is 3.33. The maximum Gasteiger partial charge on any atom is 0.137 e. The molecule has 1 aromatic heterocycles. The SMILES string of the molecule is C=C1/C=c2/oc3ccccc3/c2=C/N(c2ccc(C(c3ccccc3)c3ccccc3N)cc2)c2ccccc21.